The Kier molecular flexibility index (Phi) is 6.55. The highest BCUT2D eigenvalue weighted by Crippen LogP contribution is 2.33. The molecule has 3 heterocycles. The van der Waals surface area contributed by atoms with E-state index in [1.807, 2.05) is 0 Å². The van der Waals surface area contributed by atoms with E-state index in [2.05, 4.69) is 5.16 Å². The molecule has 0 aliphatic carbocycles. The highest BCUT2D eigenvalue weighted by Gasteiger charge is 2.33. The molecule has 0 saturated carbocycles. The van der Waals surface area contributed by atoms with E-state index in [0.717, 1.165) is 27.6 Å². The van der Waals surface area contributed by atoms with Crippen LogP contribution >= 0.6 is 22.9 Å². The molecule has 1 saturated heterocycles. The second-order valence-electron chi connectivity index (χ2n) is 8.56. The number of sulfonamides is 1. The van der Waals surface area contributed by atoms with Crippen LogP contribution in [-0.4, -0.2) is 72.7 Å². The van der Waals surface area contributed by atoms with Gasteiger partial charge in [0.25, 0.3) is 5.91 Å². The van der Waals surface area contributed by atoms with Crippen LogP contribution in [0.4, 0.5) is 0 Å². The van der Waals surface area contributed by atoms with Gasteiger partial charge >= 0.3 is 0 Å². The van der Waals surface area contributed by atoms with Crippen LogP contribution in [0.2, 0.25) is 5.02 Å². The van der Waals surface area contributed by atoms with Crippen LogP contribution < -0.4 is 5.84 Å². The molecule has 1 aromatic heterocycles. The first-order chi connectivity index (χ1) is 16.8. The van der Waals surface area contributed by atoms with Gasteiger partial charge in [-0.05, 0) is 47.0 Å². The zero-order valence-electron chi connectivity index (χ0n) is 18.7. The van der Waals surface area contributed by atoms with E-state index >= 15 is 0 Å². The number of hydrogen-bond donors (Lipinski definition) is 2. The zero-order valence-corrected chi connectivity index (χ0v) is 21.1. The lowest BCUT2D eigenvalue weighted by Crippen LogP contribution is -2.50. The molecule has 0 spiro atoms. The average Bonchev–Trinajstić information content (AvgIpc) is 3.21. The van der Waals surface area contributed by atoms with Crippen molar-refractivity contribution in [2.24, 2.45) is 11.0 Å². The predicted octanol–water partition coefficient (Wildman–Crippen LogP) is 2.74. The maximum absolute atomic E-state index is 13.4. The SMILES string of the molecule is NN1CCc2sc(C(=O)N3CCN(S(=O)(=O)c4ccc5cc(Cl)ccc5c4)CC3)c(C=NO)c2C1. The lowest BCUT2D eigenvalue weighted by molar-refractivity contribution is 0.0702. The molecule has 3 aromatic rings. The number of nitrogens with zero attached hydrogens (tertiary/aromatic N) is 4. The molecule has 12 heteroatoms. The van der Waals surface area contributed by atoms with E-state index < -0.39 is 10.0 Å². The smallest absolute Gasteiger partial charge is 0.264 e. The Hall–Kier alpha value is -2.54. The Bertz CT molecular complexity index is 1430. The van der Waals surface area contributed by atoms with Crippen LogP contribution in [0.15, 0.2) is 46.4 Å². The minimum absolute atomic E-state index is 0.192. The zero-order chi connectivity index (χ0) is 24.7. The third-order valence-electron chi connectivity index (χ3n) is 6.44. The van der Waals surface area contributed by atoms with Crippen molar-refractivity contribution < 1.29 is 18.4 Å². The molecule has 2 aliphatic rings. The molecule has 5 rings (SSSR count). The summed E-state index contributed by atoms with van der Waals surface area (Å²) in [7, 11) is -3.71. The molecule has 9 nitrogen and oxygen atoms in total. The molecule has 0 unspecified atom stereocenters. The predicted molar refractivity (Wildman–Crippen MR) is 136 cm³/mol. The third kappa shape index (κ3) is 4.55. The fraction of sp³-hybridized carbons (Fsp3) is 0.304. The number of oxime groups is 1. The summed E-state index contributed by atoms with van der Waals surface area (Å²) in [5.41, 5.74) is 1.49. The van der Waals surface area contributed by atoms with E-state index in [1.165, 1.54) is 21.9 Å². The summed E-state index contributed by atoms with van der Waals surface area (Å²) in [5.74, 6) is 5.76. The van der Waals surface area contributed by atoms with Gasteiger partial charge in [0.15, 0.2) is 0 Å². The van der Waals surface area contributed by atoms with Gasteiger partial charge in [-0.15, -0.1) is 11.3 Å². The second kappa shape index (κ2) is 9.49. The van der Waals surface area contributed by atoms with Gasteiger partial charge in [-0.3, -0.25) is 10.6 Å². The van der Waals surface area contributed by atoms with Crippen LogP contribution in [0.5, 0.6) is 0 Å². The summed E-state index contributed by atoms with van der Waals surface area (Å²) in [4.78, 5) is 16.8. The van der Waals surface area contributed by atoms with Gasteiger partial charge in [-0.1, -0.05) is 28.9 Å². The van der Waals surface area contributed by atoms with Gasteiger partial charge in [0.05, 0.1) is 11.1 Å². The van der Waals surface area contributed by atoms with Crippen LogP contribution in [0, 0.1) is 0 Å². The minimum atomic E-state index is -3.71. The van der Waals surface area contributed by atoms with Gasteiger partial charge in [0.1, 0.15) is 4.88 Å². The third-order valence-corrected chi connectivity index (χ3v) is 9.86. The summed E-state index contributed by atoms with van der Waals surface area (Å²) in [6, 6.07) is 10.3. The summed E-state index contributed by atoms with van der Waals surface area (Å²) < 4.78 is 28.0. The number of piperazine rings is 1. The van der Waals surface area contributed by atoms with Crippen molar-refractivity contribution in [1.82, 2.24) is 14.2 Å². The van der Waals surface area contributed by atoms with Crippen molar-refractivity contribution in [3.8, 4) is 0 Å². The van der Waals surface area contributed by atoms with Crippen molar-refractivity contribution >= 4 is 55.9 Å². The van der Waals surface area contributed by atoms with Gasteiger partial charge < -0.3 is 10.1 Å². The normalized spacial score (nSPS) is 17.8. The summed E-state index contributed by atoms with van der Waals surface area (Å²) in [6.45, 7) is 2.08. The van der Waals surface area contributed by atoms with Gasteiger partial charge in [0, 0.05) is 54.7 Å². The Balaban J connectivity index is 1.33. The van der Waals surface area contributed by atoms with Crippen LogP contribution in [0.25, 0.3) is 10.8 Å². The number of fused-ring (bicyclic) bond motifs is 2. The maximum atomic E-state index is 13.4. The number of carbonyl (C=O) groups is 1. The lowest BCUT2D eigenvalue weighted by Gasteiger charge is -2.34. The molecular formula is C23H24ClN5O4S2. The van der Waals surface area contributed by atoms with E-state index in [-0.39, 0.29) is 37.0 Å². The number of halogens is 1. The standard InChI is InChI=1S/C23H24ClN5O4S2/c24-17-3-1-16-12-18(4-2-15(16)11-17)35(32,33)29-9-7-27(8-10-29)23(30)22-19(13-26-31)20-14-28(25)6-5-21(20)34-22/h1-4,11-13,31H,5-10,14,25H2. The fourth-order valence-corrected chi connectivity index (χ4v) is 7.44. The quantitative estimate of drug-likeness (QED) is 0.230. The summed E-state index contributed by atoms with van der Waals surface area (Å²) in [5, 5.41) is 16.2. The van der Waals surface area contributed by atoms with Crippen LogP contribution in [0.3, 0.4) is 0 Å². The Morgan fingerprint density at radius 1 is 1.09 bits per heavy atom. The second-order valence-corrected chi connectivity index (χ2v) is 12.0. The maximum Gasteiger partial charge on any atom is 0.264 e. The largest absolute Gasteiger partial charge is 0.411 e. The number of hydrogen-bond acceptors (Lipinski definition) is 8. The van der Waals surface area contributed by atoms with Crippen molar-refractivity contribution in [3.63, 3.8) is 0 Å². The molecule has 0 atom stereocenters. The molecular weight excluding hydrogens is 510 g/mol. The molecule has 35 heavy (non-hydrogen) atoms. The minimum Gasteiger partial charge on any atom is -0.411 e. The summed E-state index contributed by atoms with van der Waals surface area (Å²) in [6.07, 6.45) is 2.01. The highest BCUT2D eigenvalue weighted by molar-refractivity contribution is 7.89. The van der Waals surface area contributed by atoms with Crippen LogP contribution in [-0.2, 0) is 23.0 Å². The van der Waals surface area contributed by atoms with E-state index in [1.54, 1.807) is 46.3 Å². The first-order valence-electron chi connectivity index (χ1n) is 11.1. The van der Waals surface area contributed by atoms with Gasteiger partial charge in [0.2, 0.25) is 10.0 Å². The van der Waals surface area contributed by atoms with Crippen molar-refractivity contribution in [1.29, 1.82) is 0 Å². The molecule has 2 aliphatic heterocycles. The first-order valence-corrected chi connectivity index (χ1v) is 13.7. The Labute approximate surface area is 212 Å². The monoisotopic (exact) mass is 533 g/mol. The van der Waals surface area contributed by atoms with Crippen LogP contribution in [0.1, 0.15) is 25.7 Å². The molecule has 184 valence electrons. The number of carbonyl (C=O) groups excluding carboxylic acids is 1. The first kappa shape index (κ1) is 24.2. The van der Waals surface area contributed by atoms with E-state index in [4.69, 9.17) is 22.7 Å². The number of thiophene rings is 1. The van der Waals surface area contributed by atoms with Crippen molar-refractivity contribution in [3.05, 3.63) is 62.3 Å². The van der Waals surface area contributed by atoms with Gasteiger partial charge in [-0.25, -0.2) is 13.4 Å². The summed E-state index contributed by atoms with van der Waals surface area (Å²) >= 11 is 7.43. The Morgan fingerprint density at radius 3 is 2.54 bits per heavy atom. The van der Waals surface area contributed by atoms with E-state index in [0.29, 0.717) is 28.6 Å². The van der Waals surface area contributed by atoms with E-state index in [9.17, 15) is 13.2 Å². The molecule has 3 N–H and O–H groups in total. The molecule has 0 bridgehead atoms. The average molecular weight is 534 g/mol. The lowest BCUT2D eigenvalue weighted by atomic mass is 10.0. The van der Waals surface area contributed by atoms with Crippen molar-refractivity contribution in [2.45, 2.75) is 17.9 Å². The fourth-order valence-electron chi connectivity index (χ4n) is 4.56. The molecule has 1 amide bonds. The molecule has 0 radical (unpaired) electrons. The topological polar surface area (TPSA) is 120 Å². The number of amides is 1. The van der Waals surface area contributed by atoms with Gasteiger partial charge in [-0.2, -0.15) is 4.31 Å². The Morgan fingerprint density at radius 2 is 1.80 bits per heavy atom. The number of nitrogens with two attached hydrogens (primary N) is 1. The number of rotatable bonds is 4. The number of benzene rings is 2. The molecule has 2 aromatic carbocycles. The molecule has 1 fully saturated rings. The number of hydrazine groups is 1. The highest BCUT2D eigenvalue weighted by atomic mass is 35.5. The van der Waals surface area contributed by atoms with Crippen molar-refractivity contribution in [2.75, 3.05) is 32.7 Å².